The van der Waals surface area contributed by atoms with Gasteiger partial charge in [-0.25, -0.2) is 8.42 Å². The lowest BCUT2D eigenvalue weighted by molar-refractivity contribution is -0.120. The molecule has 0 aliphatic heterocycles. The molecule has 1 rings (SSSR count). The third-order valence-corrected chi connectivity index (χ3v) is 5.07. The smallest absolute Gasteiger partial charge is 0.238 e. The average molecular weight is 297 g/mol. The largest absolute Gasteiger partial charge is 0.355 e. The van der Waals surface area contributed by atoms with E-state index in [1.54, 1.807) is 6.07 Å². The molecule has 4 nitrogen and oxygen atoms in total. The second-order valence-corrected chi connectivity index (χ2v) is 7.90. The van der Waals surface area contributed by atoms with Crippen molar-refractivity contribution in [2.75, 3.05) is 6.54 Å². The highest BCUT2D eigenvalue weighted by Crippen LogP contribution is 2.13. The summed E-state index contributed by atoms with van der Waals surface area (Å²) < 4.78 is 24.5. The topological polar surface area (TPSA) is 63.2 Å². The van der Waals surface area contributed by atoms with Crippen molar-refractivity contribution in [1.82, 2.24) is 5.32 Å². The van der Waals surface area contributed by atoms with E-state index < -0.39 is 21.0 Å². The van der Waals surface area contributed by atoms with Gasteiger partial charge in [0.1, 0.15) is 5.25 Å². The predicted molar refractivity (Wildman–Crippen MR) is 81.1 cm³/mol. The summed E-state index contributed by atoms with van der Waals surface area (Å²) in [7, 11) is -3.49. The Kier molecular flexibility index (Phi) is 5.74. The van der Waals surface area contributed by atoms with Gasteiger partial charge in [-0.2, -0.15) is 0 Å². The highest BCUT2D eigenvalue weighted by Gasteiger charge is 2.28. The molecule has 20 heavy (non-hydrogen) atoms. The normalized spacial score (nSPS) is 13.2. The van der Waals surface area contributed by atoms with Crippen molar-refractivity contribution in [3.8, 4) is 0 Å². The molecule has 1 aromatic carbocycles. The van der Waals surface area contributed by atoms with E-state index in [1.807, 2.05) is 39.0 Å². The van der Waals surface area contributed by atoms with Crippen LogP contribution in [0.15, 0.2) is 24.3 Å². The van der Waals surface area contributed by atoms with Crippen LogP contribution in [0.25, 0.3) is 0 Å². The van der Waals surface area contributed by atoms with E-state index in [0.29, 0.717) is 18.0 Å². The van der Waals surface area contributed by atoms with Gasteiger partial charge >= 0.3 is 0 Å². The Bertz CT molecular complexity index is 564. The second-order valence-electron chi connectivity index (χ2n) is 5.58. The number of sulfone groups is 1. The number of rotatable bonds is 6. The van der Waals surface area contributed by atoms with E-state index >= 15 is 0 Å². The highest BCUT2D eigenvalue weighted by atomic mass is 32.2. The Hall–Kier alpha value is -1.36. The zero-order chi connectivity index (χ0) is 15.3. The first-order valence-electron chi connectivity index (χ1n) is 6.77. The fourth-order valence-electron chi connectivity index (χ4n) is 1.77. The molecule has 0 aliphatic carbocycles. The number of carbonyl (C=O) groups is 1. The molecule has 5 heteroatoms. The number of hydrogen-bond donors (Lipinski definition) is 1. The lowest BCUT2D eigenvalue weighted by atomic mass is 10.2. The molecular weight excluding hydrogens is 274 g/mol. The van der Waals surface area contributed by atoms with Gasteiger partial charge in [0.25, 0.3) is 0 Å². The fourth-order valence-corrected chi connectivity index (χ4v) is 3.07. The molecule has 0 fully saturated rings. The van der Waals surface area contributed by atoms with Gasteiger partial charge in [-0.1, -0.05) is 43.7 Å². The molecule has 0 heterocycles. The number of aryl methyl sites for hydroxylation is 1. The number of nitrogens with one attached hydrogen (secondary N) is 1. The maximum Gasteiger partial charge on any atom is 0.238 e. The Labute approximate surface area is 121 Å². The summed E-state index contributed by atoms with van der Waals surface area (Å²) in [5.41, 5.74) is 1.73. The van der Waals surface area contributed by atoms with E-state index in [4.69, 9.17) is 0 Å². The van der Waals surface area contributed by atoms with Crippen molar-refractivity contribution in [1.29, 1.82) is 0 Å². The zero-order valence-electron chi connectivity index (χ0n) is 12.5. The molecule has 0 unspecified atom stereocenters. The van der Waals surface area contributed by atoms with Crippen LogP contribution in [0.4, 0.5) is 0 Å². The molecule has 1 N–H and O–H groups in total. The minimum Gasteiger partial charge on any atom is -0.355 e. The monoisotopic (exact) mass is 297 g/mol. The summed E-state index contributed by atoms with van der Waals surface area (Å²) in [5.74, 6) is -0.234. The minimum atomic E-state index is -3.49. The Morgan fingerprint density at radius 3 is 2.45 bits per heavy atom. The standard InChI is InChI=1S/C15H23NO3S/c1-11(2)9-16-15(17)13(4)20(18,19)10-14-7-5-6-12(3)8-14/h5-8,11,13H,9-10H2,1-4H3,(H,16,17)/t13-/m0/s1. The first-order chi connectivity index (χ1) is 9.22. The van der Waals surface area contributed by atoms with Crippen molar-refractivity contribution in [2.24, 2.45) is 5.92 Å². The number of amides is 1. The molecule has 0 aromatic heterocycles. The summed E-state index contributed by atoms with van der Waals surface area (Å²) in [5, 5.41) is 1.64. The van der Waals surface area contributed by atoms with Crippen molar-refractivity contribution in [3.05, 3.63) is 35.4 Å². The molecule has 0 aliphatic rings. The maximum absolute atomic E-state index is 12.2. The van der Waals surface area contributed by atoms with E-state index in [-0.39, 0.29) is 5.75 Å². The molecule has 1 atom stereocenters. The molecule has 0 spiro atoms. The molecule has 0 radical (unpaired) electrons. The molecule has 1 amide bonds. The molecule has 112 valence electrons. The summed E-state index contributed by atoms with van der Waals surface area (Å²) >= 11 is 0. The Morgan fingerprint density at radius 1 is 1.25 bits per heavy atom. The lowest BCUT2D eigenvalue weighted by Gasteiger charge is -2.14. The Balaban J connectivity index is 2.75. The lowest BCUT2D eigenvalue weighted by Crippen LogP contribution is -2.39. The molecule has 0 bridgehead atoms. The number of hydrogen-bond acceptors (Lipinski definition) is 3. The van der Waals surface area contributed by atoms with Gasteiger partial charge in [-0.3, -0.25) is 4.79 Å². The van der Waals surface area contributed by atoms with Gasteiger partial charge in [-0.15, -0.1) is 0 Å². The number of benzene rings is 1. The van der Waals surface area contributed by atoms with Crippen molar-refractivity contribution < 1.29 is 13.2 Å². The van der Waals surface area contributed by atoms with Crippen LogP contribution in [-0.2, 0) is 20.4 Å². The van der Waals surface area contributed by atoms with E-state index in [0.717, 1.165) is 5.56 Å². The number of carbonyl (C=O) groups excluding carboxylic acids is 1. The summed E-state index contributed by atoms with van der Waals surface area (Å²) in [4.78, 5) is 11.9. The first kappa shape index (κ1) is 16.7. The summed E-state index contributed by atoms with van der Waals surface area (Å²) in [6, 6.07) is 7.33. The van der Waals surface area contributed by atoms with Crippen molar-refractivity contribution in [2.45, 2.75) is 38.7 Å². The van der Waals surface area contributed by atoms with Gasteiger partial charge in [-0.05, 0) is 25.3 Å². The first-order valence-corrected chi connectivity index (χ1v) is 8.48. The average Bonchev–Trinajstić information content (AvgIpc) is 2.34. The third kappa shape index (κ3) is 4.96. The second kappa shape index (κ2) is 6.88. The van der Waals surface area contributed by atoms with Crippen LogP contribution >= 0.6 is 0 Å². The molecule has 0 saturated heterocycles. The van der Waals surface area contributed by atoms with Crippen molar-refractivity contribution >= 4 is 15.7 Å². The van der Waals surface area contributed by atoms with Gasteiger partial charge in [0.2, 0.25) is 5.91 Å². The van der Waals surface area contributed by atoms with Crippen LogP contribution in [0.1, 0.15) is 31.9 Å². The summed E-state index contributed by atoms with van der Waals surface area (Å²) in [6.45, 7) is 7.78. The van der Waals surface area contributed by atoms with Crippen molar-refractivity contribution in [3.63, 3.8) is 0 Å². The van der Waals surface area contributed by atoms with Gasteiger partial charge in [0.15, 0.2) is 9.84 Å². The van der Waals surface area contributed by atoms with E-state index in [1.165, 1.54) is 6.92 Å². The minimum absolute atomic E-state index is 0.106. The van der Waals surface area contributed by atoms with Crippen LogP contribution in [0.2, 0.25) is 0 Å². The fraction of sp³-hybridized carbons (Fsp3) is 0.533. The van der Waals surface area contributed by atoms with Gasteiger partial charge in [0.05, 0.1) is 5.75 Å². The molecular formula is C15H23NO3S. The SMILES string of the molecule is Cc1cccc(CS(=O)(=O)[C@@H](C)C(=O)NCC(C)C)c1. The Morgan fingerprint density at radius 2 is 1.90 bits per heavy atom. The van der Waals surface area contributed by atoms with Crippen LogP contribution < -0.4 is 5.32 Å². The van der Waals surface area contributed by atoms with Gasteiger partial charge in [0, 0.05) is 6.54 Å². The summed E-state index contributed by atoms with van der Waals surface area (Å²) in [6.07, 6.45) is 0. The zero-order valence-corrected chi connectivity index (χ0v) is 13.3. The van der Waals surface area contributed by atoms with Crippen LogP contribution in [0.5, 0.6) is 0 Å². The van der Waals surface area contributed by atoms with Crippen LogP contribution in [0.3, 0.4) is 0 Å². The molecule has 1 aromatic rings. The quantitative estimate of drug-likeness (QED) is 0.874. The third-order valence-electron chi connectivity index (χ3n) is 3.04. The van der Waals surface area contributed by atoms with Gasteiger partial charge < -0.3 is 5.32 Å². The van der Waals surface area contributed by atoms with Crippen LogP contribution in [-0.4, -0.2) is 26.1 Å². The van der Waals surface area contributed by atoms with Crippen LogP contribution in [0, 0.1) is 12.8 Å². The van der Waals surface area contributed by atoms with E-state index in [2.05, 4.69) is 5.32 Å². The van der Waals surface area contributed by atoms with E-state index in [9.17, 15) is 13.2 Å². The highest BCUT2D eigenvalue weighted by molar-refractivity contribution is 7.92. The predicted octanol–water partition coefficient (Wildman–Crippen LogP) is 2.07. The maximum atomic E-state index is 12.2. The molecule has 0 saturated carbocycles.